The van der Waals surface area contributed by atoms with Gasteiger partial charge in [-0.1, -0.05) is 23.2 Å². The summed E-state index contributed by atoms with van der Waals surface area (Å²) in [7, 11) is 0. The fourth-order valence-electron chi connectivity index (χ4n) is 3.15. The van der Waals surface area contributed by atoms with E-state index < -0.39 is 0 Å². The molecular weight excluding hydrogens is 371 g/mol. The average molecular weight is 391 g/mol. The zero-order valence-corrected chi connectivity index (χ0v) is 16.4. The normalized spacial score (nSPS) is 11.0. The van der Waals surface area contributed by atoms with Crippen molar-refractivity contribution in [1.82, 2.24) is 4.57 Å². The van der Waals surface area contributed by atoms with Crippen molar-refractivity contribution in [3.8, 4) is 5.75 Å². The number of anilines is 1. The minimum Gasteiger partial charge on any atom is -0.494 e. The molecule has 2 aromatic carbocycles. The molecule has 0 aliphatic carbocycles. The van der Waals surface area contributed by atoms with Gasteiger partial charge in [-0.05, 0) is 62.7 Å². The summed E-state index contributed by atoms with van der Waals surface area (Å²) in [6, 6.07) is 10.9. The second kappa shape index (κ2) is 7.60. The molecule has 0 spiro atoms. The number of nitrogens with zero attached hydrogens (tertiary/aromatic N) is 1. The van der Waals surface area contributed by atoms with Crippen LogP contribution >= 0.6 is 23.2 Å². The Bertz CT molecular complexity index is 980. The summed E-state index contributed by atoms with van der Waals surface area (Å²) in [4.78, 5) is 13.0. The highest BCUT2D eigenvalue weighted by Crippen LogP contribution is 2.31. The molecule has 0 atom stereocenters. The number of benzene rings is 2. The quantitative estimate of drug-likeness (QED) is 0.586. The topological polar surface area (TPSA) is 43.3 Å². The van der Waals surface area contributed by atoms with Gasteiger partial charge in [0.2, 0.25) is 0 Å². The molecule has 26 heavy (non-hydrogen) atoms. The number of carbonyl (C=O) groups is 1. The van der Waals surface area contributed by atoms with Crippen molar-refractivity contribution >= 4 is 45.7 Å². The summed E-state index contributed by atoms with van der Waals surface area (Å²) in [5.74, 6) is 0.590. The number of fused-ring (bicyclic) bond motifs is 1. The molecule has 4 nitrogen and oxygen atoms in total. The molecule has 6 heteroatoms. The minimum atomic E-state index is -0.206. The molecule has 3 rings (SSSR count). The van der Waals surface area contributed by atoms with Crippen LogP contribution in [-0.4, -0.2) is 17.1 Å². The van der Waals surface area contributed by atoms with Crippen molar-refractivity contribution in [3.63, 3.8) is 0 Å². The van der Waals surface area contributed by atoms with Crippen molar-refractivity contribution in [1.29, 1.82) is 0 Å². The van der Waals surface area contributed by atoms with Gasteiger partial charge in [0.25, 0.3) is 5.91 Å². The van der Waals surface area contributed by atoms with Crippen LogP contribution < -0.4 is 10.1 Å². The molecule has 0 saturated heterocycles. The van der Waals surface area contributed by atoms with E-state index in [0.29, 0.717) is 34.6 Å². The lowest BCUT2D eigenvalue weighted by Crippen LogP contribution is -2.18. The summed E-state index contributed by atoms with van der Waals surface area (Å²) < 4.78 is 7.59. The number of carbonyl (C=O) groups excluding carboxylic acids is 1. The molecule has 3 aromatic rings. The van der Waals surface area contributed by atoms with Crippen LogP contribution in [0.5, 0.6) is 5.75 Å². The molecule has 1 aromatic heterocycles. The van der Waals surface area contributed by atoms with Gasteiger partial charge in [-0.15, -0.1) is 0 Å². The van der Waals surface area contributed by atoms with Crippen LogP contribution in [0.2, 0.25) is 10.0 Å². The summed E-state index contributed by atoms with van der Waals surface area (Å²) in [5.41, 5.74) is 3.05. The van der Waals surface area contributed by atoms with E-state index in [4.69, 9.17) is 27.9 Å². The minimum absolute atomic E-state index is 0.206. The van der Waals surface area contributed by atoms with Gasteiger partial charge >= 0.3 is 0 Å². The van der Waals surface area contributed by atoms with Gasteiger partial charge in [0.15, 0.2) is 0 Å². The first-order valence-electron chi connectivity index (χ1n) is 8.48. The SMILES string of the molecule is CCOc1ccc2c(c1)c(C)c(C(=O)Nc1ccc(Cl)cc1Cl)n2CC. The van der Waals surface area contributed by atoms with Crippen LogP contribution in [0.25, 0.3) is 10.9 Å². The van der Waals surface area contributed by atoms with Gasteiger partial charge in [0, 0.05) is 22.5 Å². The van der Waals surface area contributed by atoms with Crippen molar-refractivity contribution in [2.45, 2.75) is 27.3 Å². The number of rotatable bonds is 5. The predicted octanol–water partition coefficient (Wildman–Crippen LogP) is 5.93. The molecule has 1 heterocycles. The van der Waals surface area contributed by atoms with Gasteiger partial charge in [0.05, 0.1) is 17.3 Å². The lowest BCUT2D eigenvalue weighted by atomic mass is 10.1. The van der Waals surface area contributed by atoms with Crippen molar-refractivity contribution in [3.05, 3.63) is 57.7 Å². The highest BCUT2D eigenvalue weighted by atomic mass is 35.5. The van der Waals surface area contributed by atoms with Crippen LogP contribution in [0, 0.1) is 6.92 Å². The van der Waals surface area contributed by atoms with E-state index in [1.54, 1.807) is 18.2 Å². The maximum absolute atomic E-state index is 13.0. The molecule has 1 amide bonds. The van der Waals surface area contributed by atoms with Gasteiger partial charge in [-0.2, -0.15) is 0 Å². The number of aromatic nitrogens is 1. The summed E-state index contributed by atoms with van der Waals surface area (Å²) in [6.45, 7) is 7.18. The molecule has 0 unspecified atom stereocenters. The standard InChI is InChI=1S/C20H20Cl2N2O2/c1-4-24-18-9-7-14(26-5-2)11-15(18)12(3)19(24)20(25)23-17-8-6-13(21)10-16(17)22/h6-11H,4-5H2,1-3H3,(H,23,25). The molecule has 0 aliphatic heterocycles. The highest BCUT2D eigenvalue weighted by Gasteiger charge is 2.20. The molecule has 0 bridgehead atoms. The van der Waals surface area contributed by atoms with E-state index in [1.807, 2.05) is 43.5 Å². The second-order valence-corrected chi connectivity index (χ2v) is 6.75. The molecule has 136 valence electrons. The smallest absolute Gasteiger partial charge is 0.272 e. The van der Waals surface area contributed by atoms with Crippen molar-refractivity contribution in [2.24, 2.45) is 0 Å². The first kappa shape index (κ1) is 18.6. The van der Waals surface area contributed by atoms with Gasteiger partial charge in [0.1, 0.15) is 11.4 Å². The van der Waals surface area contributed by atoms with Crippen LogP contribution in [0.4, 0.5) is 5.69 Å². The van der Waals surface area contributed by atoms with Crippen LogP contribution in [0.1, 0.15) is 29.9 Å². The van der Waals surface area contributed by atoms with E-state index in [9.17, 15) is 4.79 Å². The number of hydrogen-bond acceptors (Lipinski definition) is 2. The van der Waals surface area contributed by atoms with Gasteiger partial charge in [-0.3, -0.25) is 4.79 Å². The van der Waals surface area contributed by atoms with E-state index in [2.05, 4.69) is 5.32 Å². The van der Waals surface area contributed by atoms with Gasteiger partial charge in [-0.25, -0.2) is 0 Å². The third kappa shape index (κ3) is 3.39. The molecule has 0 radical (unpaired) electrons. The second-order valence-electron chi connectivity index (χ2n) is 5.91. The molecule has 0 saturated carbocycles. The Balaban J connectivity index is 2.05. The summed E-state index contributed by atoms with van der Waals surface area (Å²) in [5, 5.41) is 4.82. The number of nitrogens with one attached hydrogen (secondary N) is 1. The monoisotopic (exact) mass is 390 g/mol. The Morgan fingerprint density at radius 2 is 1.92 bits per heavy atom. The van der Waals surface area contributed by atoms with Crippen molar-refractivity contribution < 1.29 is 9.53 Å². The van der Waals surface area contributed by atoms with Crippen LogP contribution in [0.15, 0.2) is 36.4 Å². The van der Waals surface area contributed by atoms with Crippen LogP contribution in [0.3, 0.4) is 0 Å². The fourth-order valence-corrected chi connectivity index (χ4v) is 3.61. The fraction of sp³-hybridized carbons (Fsp3) is 0.250. The number of halogens is 2. The predicted molar refractivity (Wildman–Crippen MR) is 108 cm³/mol. The first-order chi connectivity index (χ1) is 12.5. The summed E-state index contributed by atoms with van der Waals surface area (Å²) >= 11 is 12.1. The number of ether oxygens (including phenoxy) is 1. The number of hydrogen-bond donors (Lipinski definition) is 1. The third-order valence-corrected chi connectivity index (χ3v) is 4.86. The zero-order valence-electron chi connectivity index (χ0n) is 14.9. The molecule has 0 fully saturated rings. The van der Waals surface area contributed by atoms with Crippen LogP contribution in [-0.2, 0) is 6.54 Å². The first-order valence-corrected chi connectivity index (χ1v) is 9.23. The largest absolute Gasteiger partial charge is 0.494 e. The van der Waals surface area contributed by atoms with E-state index in [-0.39, 0.29) is 5.91 Å². The van der Waals surface area contributed by atoms with Gasteiger partial charge < -0.3 is 14.6 Å². The third-order valence-electron chi connectivity index (χ3n) is 4.31. The Morgan fingerprint density at radius 3 is 2.58 bits per heavy atom. The Labute approximate surface area is 162 Å². The number of aryl methyl sites for hydroxylation is 2. The lowest BCUT2D eigenvalue weighted by Gasteiger charge is -2.11. The molecular formula is C20H20Cl2N2O2. The Morgan fingerprint density at radius 1 is 1.15 bits per heavy atom. The van der Waals surface area contributed by atoms with Crippen molar-refractivity contribution in [2.75, 3.05) is 11.9 Å². The highest BCUT2D eigenvalue weighted by molar-refractivity contribution is 6.36. The molecule has 0 aliphatic rings. The average Bonchev–Trinajstić information content (AvgIpc) is 2.89. The Kier molecular flexibility index (Phi) is 5.44. The maximum atomic E-state index is 13.0. The number of amides is 1. The Hall–Kier alpha value is -2.17. The molecule has 1 N–H and O–H groups in total. The maximum Gasteiger partial charge on any atom is 0.272 e. The summed E-state index contributed by atoms with van der Waals surface area (Å²) in [6.07, 6.45) is 0. The zero-order chi connectivity index (χ0) is 18.8. The van der Waals surface area contributed by atoms with E-state index in [0.717, 1.165) is 22.2 Å². The van der Waals surface area contributed by atoms with E-state index in [1.165, 1.54) is 0 Å². The van der Waals surface area contributed by atoms with E-state index >= 15 is 0 Å². The lowest BCUT2D eigenvalue weighted by molar-refractivity contribution is 0.101.